The summed E-state index contributed by atoms with van der Waals surface area (Å²) < 4.78 is 15.2. The van der Waals surface area contributed by atoms with Crippen LogP contribution in [0.2, 0.25) is 0 Å². The lowest BCUT2D eigenvalue weighted by Crippen LogP contribution is -2.43. The highest BCUT2D eigenvalue weighted by atomic mass is 16.7. The Bertz CT molecular complexity index is 1050. The van der Waals surface area contributed by atoms with Crippen molar-refractivity contribution in [1.29, 1.82) is 0 Å². The molecule has 0 saturated carbocycles. The van der Waals surface area contributed by atoms with Crippen LogP contribution in [-0.2, 0) is 23.8 Å². The van der Waals surface area contributed by atoms with E-state index >= 15 is 0 Å². The average Bonchev–Trinajstić information content (AvgIpc) is 3.22. The number of likely N-dealkylation sites (N-methyl/N-ethyl adjacent to an activating group) is 1. The molecule has 2 aromatic rings. The Hall–Kier alpha value is -3.42. The highest BCUT2D eigenvalue weighted by Gasteiger charge is 2.48. The van der Waals surface area contributed by atoms with E-state index in [4.69, 9.17) is 19.3 Å². The number of azo groups is 1. The van der Waals surface area contributed by atoms with Crippen molar-refractivity contribution in [3.63, 3.8) is 0 Å². The van der Waals surface area contributed by atoms with Crippen LogP contribution in [-0.4, -0.2) is 89.4 Å². The minimum absolute atomic E-state index is 0.101. The number of ether oxygens (including phenoxy) is 3. The molecule has 4 N–H and O–H groups in total. The summed E-state index contributed by atoms with van der Waals surface area (Å²) in [5, 5.41) is 46.8. The number of esters is 2. The third kappa shape index (κ3) is 8.30. The van der Waals surface area contributed by atoms with E-state index in [2.05, 4.69) is 10.2 Å². The molecule has 12 heteroatoms. The summed E-state index contributed by atoms with van der Waals surface area (Å²) in [6, 6.07) is 16.9. The zero-order valence-corrected chi connectivity index (χ0v) is 21.0. The molecule has 1 fully saturated rings. The first-order chi connectivity index (χ1) is 18.3. The molecule has 1 saturated heterocycles. The maximum Gasteiger partial charge on any atom is 0.306 e. The molecule has 0 aliphatic carbocycles. The smallest absolute Gasteiger partial charge is 0.306 e. The van der Waals surface area contributed by atoms with Gasteiger partial charge in [0.1, 0.15) is 24.9 Å². The number of aliphatic hydroxyl groups excluding tert-OH is 4. The molecule has 0 spiro atoms. The normalized spacial score (nSPS) is 21.8. The molecule has 1 aliphatic rings. The molecule has 12 nitrogen and oxygen atoms in total. The second-order valence-corrected chi connectivity index (χ2v) is 8.54. The molecular weight excluding hydrogens is 498 g/mol. The zero-order chi connectivity index (χ0) is 27.5. The molecule has 0 amide bonds. The largest absolute Gasteiger partial charge is 0.464 e. The molecule has 0 unspecified atom stereocenters. The van der Waals surface area contributed by atoms with Crippen molar-refractivity contribution >= 4 is 29.0 Å². The van der Waals surface area contributed by atoms with Gasteiger partial charge in [-0.25, -0.2) is 0 Å². The summed E-state index contributed by atoms with van der Waals surface area (Å²) in [4.78, 5) is 26.2. The van der Waals surface area contributed by atoms with Crippen LogP contribution in [0.15, 0.2) is 64.8 Å². The standard InChI is InChI=1S/C26H33N3O9/c1-2-29(19-10-8-18(9-11-19)28-27-17-6-4-3-5-7-17)14-15-36-21(32)12-13-22(33)37-25-23(34)26(35)38-24(25)20(31)16-30/h3-11,20,23-26,30-31,34-35H,2,12-16H2,1H3/t20-,23-,24-,25-,26-/m1/s1. The summed E-state index contributed by atoms with van der Waals surface area (Å²) in [6.07, 6.45) is -8.04. The van der Waals surface area contributed by atoms with Crippen LogP contribution in [0.1, 0.15) is 19.8 Å². The van der Waals surface area contributed by atoms with E-state index in [0.29, 0.717) is 18.8 Å². The van der Waals surface area contributed by atoms with Gasteiger partial charge in [-0.05, 0) is 43.3 Å². The number of hydrogen-bond donors (Lipinski definition) is 4. The fourth-order valence-electron chi connectivity index (χ4n) is 3.79. The fourth-order valence-corrected chi connectivity index (χ4v) is 3.79. The third-order valence-corrected chi connectivity index (χ3v) is 5.87. The maximum absolute atomic E-state index is 12.1. The Kier molecular flexibility index (Phi) is 11.1. The SMILES string of the molecule is CCN(CCOC(=O)CCC(=O)O[C@@H]1[C@@H](O)[C@H](O)O[C@@H]1[C@H](O)CO)c1ccc(N=Nc2ccccc2)cc1. The van der Waals surface area contributed by atoms with Gasteiger partial charge in [-0.3, -0.25) is 9.59 Å². The molecule has 1 aliphatic heterocycles. The number of hydrogen-bond acceptors (Lipinski definition) is 12. The number of aliphatic hydroxyl groups is 4. The van der Waals surface area contributed by atoms with Crippen LogP contribution in [0, 0.1) is 0 Å². The minimum atomic E-state index is -1.68. The molecule has 38 heavy (non-hydrogen) atoms. The minimum Gasteiger partial charge on any atom is -0.464 e. The molecule has 2 aromatic carbocycles. The van der Waals surface area contributed by atoms with Crippen molar-refractivity contribution < 1.29 is 44.2 Å². The van der Waals surface area contributed by atoms with E-state index < -0.39 is 49.3 Å². The predicted octanol–water partition coefficient (Wildman–Crippen LogP) is 1.59. The molecular formula is C26H33N3O9. The molecule has 1 heterocycles. The first kappa shape index (κ1) is 29.1. The quantitative estimate of drug-likeness (QED) is 0.220. The van der Waals surface area contributed by atoms with Gasteiger partial charge in [-0.1, -0.05) is 18.2 Å². The highest BCUT2D eigenvalue weighted by molar-refractivity contribution is 5.77. The van der Waals surface area contributed by atoms with E-state index in [1.165, 1.54) is 0 Å². The van der Waals surface area contributed by atoms with E-state index in [9.17, 15) is 24.9 Å². The summed E-state index contributed by atoms with van der Waals surface area (Å²) in [6.45, 7) is 2.46. The van der Waals surface area contributed by atoms with Gasteiger partial charge in [0.25, 0.3) is 0 Å². The van der Waals surface area contributed by atoms with Crippen molar-refractivity contribution in [2.75, 3.05) is 31.2 Å². The van der Waals surface area contributed by atoms with Crippen molar-refractivity contribution in [2.45, 2.75) is 50.5 Å². The topological polar surface area (TPSA) is 171 Å². The van der Waals surface area contributed by atoms with Crippen LogP contribution in [0.3, 0.4) is 0 Å². The highest BCUT2D eigenvalue weighted by Crippen LogP contribution is 2.26. The molecule has 5 atom stereocenters. The lowest BCUT2D eigenvalue weighted by molar-refractivity contribution is -0.163. The van der Waals surface area contributed by atoms with Gasteiger partial charge in [0.05, 0.1) is 37.4 Å². The van der Waals surface area contributed by atoms with Crippen molar-refractivity contribution in [3.8, 4) is 0 Å². The first-order valence-corrected chi connectivity index (χ1v) is 12.3. The van der Waals surface area contributed by atoms with Crippen molar-refractivity contribution in [3.05, 3.63) is 54.6 Å². The van der Waals surface area contributed by atoms with E-state index in [0.717, 1.165) is 11.4 Å². The van der Waals surface area contributed by atoms with Gasteiger partial charge in [-0.2, -0.15) is 10.2 Å². The lowest BCUT2D eigenvalue weighted by atomic mass is 10.1. The van der Waals surface area contributed by atoms with Gasteiger partial charge in [-0.15, -0.1) is 0 Å². The summed E-state index contributed by atoms with van der Waals surface area (Å²) >= 11 is 0. The number of rotatable bonds is 13. The average molecular weight is 532 g/mol. The van der Waals surface area contributed by atoms with Crippen molar-refractivity contribution in [2.24, 2.45) is 10.2 Å². The fraction of sp³-hybridized carbons (Fsp3) is 0.462. The number of carbonyl (C=O) groups excluding carboxylic acids is 2. The van der Waals surface area contributed by atoms with Crippen LogP contribution in [0.25, 0.3) is 0 Å². The first-order valence-electron chi connectivity index (χ1n) is 12.3. The Morgan fingerprint density at radius 1 is 1.00 bits per heavy atom. The van der Waals surface area contributed by atoms with Gasteiger partial charge < -0.3 is 39.5 Å². The predicted molar refractivity (Wildman–Crippen MR) is 135 cm³/mol. The molecule has 0 bridgehead atoms. The molecule has 0 aromatic heterocycles. The second kappa shape index (κ2) is 14.5. The van der Waals surface area contributed by atoms with Gasteiger partial charge >= 0.3 is 11.9 Å². The number of anilines is 1. The Morgan fingerprint density at radius 2 is 1.63 bits per heavy atom. The lowest BCUT2D eigenvalue weighted by Gasteiger charge is -2.23. The Balaban J connectivity index is 1.40. The summed E-state index contributed by atoms with van der Waals surface area (Å²) in [5.41, 5.74) is 2.38. The molecule has 0 radical (unpaired) electrons. The van der Waals surface area contributed by atoms with Gasteiger partial charge in [0.2, 0.25) is 0 Å². The Morgan fingerprint density at radius 3 is 2.26 bits per heavy atom. The summed E-state index contributed by atoms with van der Waals surface area (Å²) in [5.74, 6) is -1.46. The Labute approximate surface area is 220 Å². The second-order valence-electron chi connectivity index (χ2n) is 8.54. The van der Waals surface area contributed by atoms with Crippen LogP contribution >= 0.6 is 0 Å². The third-order valence-electron chi connectivity index (χ3n) is 5.87. The van der Waals surface area contributed by atoms with Crippen LogP contribution < -0.4 is 4.90 Å². The molecule has 206 valence electrons. The number of benzene rings is 2. The van der Waals surface area contributed by atoms with E-state index in [-0.39, 0.29) is 19.4 Å². The van der Waals surface area contributed by atoms with Gasteiger partial charge in [0.15, 0.2) is 12.4 Å². The number of carbonyl (C=O) groups is 2. The van der Waals surface area contributed by atoms with Gasteiger partial charge in [0, 0.05) is 12.2 Å². The van der Waals surface area contributed by atoms with Crippen molar-refractivity contribution in [1.82, 2.24) is 0 Å². The van der Waals surface area contributed by atoms with E-state index in [1.807, 2.05) is 66.4 Å². The monoisotopic (exact) mass is 531 g/mol. The van der Waals surface area contributed by atoms with Crippen LogP contribution in [0.5, 0.6) is 0 Å². The molecule has 3 rings (SSSR count). The number of nitrogens with zero attached hydrogens (tertiary/aromatic N) is 3. The summed E-state index contributed by atoms with van der Waals surface area (Å²) in [7, 11) is 0. The van der Waals surface area contributed by atoms with E-state index in [1.54, 1.807) is 0 Å². The van der Waals surface area contributed by atoms with Crippen LogP contribution in [0.4, 0.5) is 17.1 Å². The zero-order valence-electron chi connectivity index (χ0n) is 21.0. The maximum atomic E-state index is 12.1.